The Morgan fingerprint density at radius 1 is 1.36 bits per heavy atom. The molecule has 0 aliphatic carbocycles. The maximum atomic E-state index is 11.8. The molecule has 1 heterocycles. The Hall–Kier alpha value is -1.53. The van der Waals surface area contributed by atoms with E-state index in [0.717, 1.165) is 18.4 Å². The Morgan fingerprint density at radius 3 is 2.77 bits per heavy atom. The van der Waals surface area contributed by atoms with Crippen LogP contribution >= 0.6 is 23.4 Å². The van der Waals surface area contributed by atoms with Crippen LogP contribution in [0.3, 0.4) is 0 Å². The first-order chi connectivity index (χ1) is 10.6. The van der Waals surface area contributed by atoms with Gasteiger partial charge in [-0.1, -0.05) is 36.7 Å². The Balaban J connectivity index is 1.87. The van der Waals surface area contributed by atoms with Crippen molar-refractivity contribution in [2.24, 2.45) is 0 Å². The molecule has 118 valence electrons. The number of thioether (sulfide) groups is 1. The van der Waals surface area contributed by atoms with Gasteiger partial charge in [-0.3, -0.25) is 4.79 Å². The Labute approximate surface area is 138 Å². The van der Waals surface area contributed by atoms with Crippen LogP contribution in [0.2, 0.25) is 5.02 Å². The van der Waals surface area contributed by atoms with Gasteiger partial charge in [0.2, 0.25) is 11.8 Å². The summed E-state index contributed by atoms with van der Waals surface area (Å²) < 4.78 is 5.53. The monoisotopic (exact) mass is 339 g/mol. The number of carbonyl (C=O) groups excluding carboxylic acids is 1. The van der Waals surface area contributed by atoms with Crippen LogP contribution < -0.4 is 5.32 Å². The molecule has 1 aromatic carbocycles. The fourth-order valence-corrected chi connectivity index (χ4v) is 2.63. The lowest BCUT2D eigenvalue weighted by molar-refractivity contribution is -0.119. The third kappa shape index (κ3) is 5.03. The van der Waals surface area contributed by atoms with Gasteiger partial charge in [0.25, 0.3) is 5.22 Å². The number of carbonyl (C=O) groups is 1. The van der Waals surface area contributed by atoms with E-state index in [-0.39, 0.29) is 17.7 Å². The summed E-state index contributed by atoms with van der Waals surface area (Å²) in [6.07, 6.45) is 2.01. The SMILES string of the molecule is CCC[C@H](C)NC(=O)CSc1nnc(-c2ccc(Cl)cc2)o1. The average molecular weight is 340 g/mol. The van der Waals surface area contributed by atoms with Gasteiger partial charge in [-0.15, -0.1) is 10.2 Å². The first-order valence-corrected chi connectivity index (χ1v) is 8.46. The van der Waals surface area contributed by atoms with Crippen LogP contribution in [-0.4, -0.2) is 27.9 Å². The van der Waals surface area contributed by atoms with E-state index in [1.54, 1.807) is 12.1 Å². The van der Waals surface area contributed by atoms with Crippen molar-refractivity contribution in [3.05, 3.63) is 29.3 Å². The molecule has 0 bridgehead atoms. The molecule has 5 nitrogen and oxygen atoms in total. The van der Waals surface area contributed by atoms with Gasteiger partial charge >= 0.3 is 0 Å². The minimum absolute atomic E-state index is 0.0304. The standard InChI is InChI=1S/C15H18ClN3O2S/c1-3-4-10(2)17-13(20)9-22-15-19-18-14(21-15)11-5-7-12(16)8-6-11/h5-8,10H,3-4,9H2,1-2H3,(H,17,20)/t10-/m0/s1. The smallest absolute Gasteiger partial charge is 0.277 e. The largest absolute Gasteiger partial charge is 0.411 e. The molecule has 2 aromatic rings. The van der Waals surface area contributed by atoms with Crippen molar-refractivity contribution in [2.75, 3.05) is 5.75 Å². The predicted molar refractivity (Wildman–Crippen MR) is 88.0 cm³/mol. The molecule has 1 N–H and O–H groups in total. The lowest BCUT2D eigenvalue weighted by Gasteiger charge is -2.11. The molecule has 0 spiro atoms. The Kier molecular flexibility index (Phi) is 6.27. The zero-order valence-electron chi connectivity index (χ0n) is 12.5. The number of nitrogens with one attached hydrogen (secondary N) is 1. The van der Waals surface area contributed by atoms with E-state index in [2.05, 4.69) is 22.4 Å². The molecule has 1 atom stereocenters. The van der Waals surface area contributed by atoms with Gasteiger partial charge < -0.3 is 9.73 Å². The predicted octanol–water partition coefficient (Wildman–Crippen LogP) is 3.79. The van der Waals surface area contributed by atoms with Crippen LogP contribution in [0.1, 0.15) is 26.7 Å². The maximum Gasteiger partial charge on any atom is 0.277 e. The summed E-state index contributed by atoms with van der Waals surface area (Å²) in [4.78, 5) is 11.8. The van der Waals surface area contributed by atoms with Crippen LogP contribution in [0.15, 0.2) is 33.9 Å². The summed E-state index contributed by atoms with van der Waals surface area (Å²) >= 11 is 7.07. The number of halogens is 1. The van der Waals surface area contributed by atoms with Gasteiger partial charge in [-0.2, -0.15) is 0 Å². The Bertz CT molecular complexity index is 616. The second kappa shape index (κ2) is 8.19. The van der Waals surface area contributed by atoms with Crippen LogP contribution in [0.5, 0.6) is 0 Å². The van der Waals surface area contributed by atoms with E-state index in [9.17, 15) is 4.79 Å². The molecule has 0 saturated carbocycles. The molecule has 0 aliphatic rings. The third-order valence-electron chi connectivity index (χ3n) is 2.95. The van der Waals surface area contributed by atoms with Crippen LogP contribution in [-0.2, 0) is 4.79 Å². The van der Waals surface area contributed by atoms with Crippen molar-refractivity contribution < 1.29 is 9.21 Å². The summed E-state index contributed by atoms with van der Waals surface area (Å²) in [7, 11) is 0. The first-order valence-electron chi connectivity index (χ1n) is 7.10. The molecule has 1 amide bonds. The molecule has 0 unspecified atom stereocenters. The highest BCUT2D eigenvalue weighted by Crippen LogP contribution is 2.24. The number of amides is 1. The highest BCUT2D eigenvalue weighted by atomic mass is 35.5. The van der Waals surface area contributed by atoms with E-state index >= 15 is 0 Å². The van der Waals surface area contributed by atoms with E-state index in [4.69, 9.17) is 16.0 Å². The zero-order chi connectivity index (χ0) is 15.9. The van der Waals surface area contributed by atoms with Crippen molar-refractivity contribution in [3.63, 3.8) is 0 Å². The van der Waals surface area contributed by atoms with Gasteiger partial charge in [0, 0.05) is 16.6 Å². The van der Waals surface area contributed by atoms with Crippen molar-refractivity contribution in [1.82, 2.24) is 15.5 Å². The summed E-state index contributed by atoms with van der Waals surface area (Å²) in [6, 6.07) is 7.32. The fourth-order valence-electron chi connectivity index (χ4n) is 1.93. The summed E-state index contributed by atoms with van der Waals surface area (Å²) in [5.41, 5.74) is 0.796. The lowest BCUT2D eigenvalue weighted by atomic mass is 10.2. The van der Waals surface area contributed by atoms with Crippen molar-refractivity contribution in [2.45, 2.75) is 38.0 Å². The molecule has 22 heavy (non-hydrogen) atoms. The number of aromatic nitrogens is 2. The quantitative estimate of drug-likeness (QED) is 0.777. The zero-order valence-corrected chi connectivity index (χ0v) is 14.1. The molecule has 0 fully saturated rings. The molecular weight excluding hydrogens is 322 g/mol. The Morgan fingerprint density at radius 2 is 2.09 bits per heavy atom. The van der Waals surface area contributed by atoms with Gasteiger partial charge in [0.05, 0.1) is 5.75 Å². The van der Waals surface area contributed by atoms with Crippen LogP contribution in [0.4, 0.5) is 0 Å². The van der Waals surface area contributed by atoms with Crippen molar-refractivity contribution in [1.29, 1.82) is 0 Å². The van der Waals surface area contributed by atoms with Crippen molar-refractivity contribution >= 4 is 29.3 Å². The van der Waals surface area contributed by atoms with Crippen LogP contribution in [0, 0.1) is 0 Å². The summed E-state index contributed by atoms with van der Waals surface area (Å²) in [5, 5.41) is 11.9. The summed E-state index contributed by atoms with van der Waals surface area (Å²) in [5.74, 6) is 0.646. The average Bonchev–Trinajstić information content (AvgIpc) is 2.95. The van der Waals surface area contributed by atoms with Gasteiger partial charge in [-0.05, 0) is 37.6 Å². The molecule has 0 radical (unpaired) electrons. The van der Waals surface area contributed by atoms with E-state index in [0.29, 0.717) is 16.1 Å². The molecule has 0 aliphatic heterocycles. The van der Waals surface area contributed by atoms with Crippen LogP contribution in [0.25, 0.3) is 11.5 Å². The molecular formula is C15H18ClN3O2S. The minimum atomic E-state index is -0.0304. The normalized spacial score (nSPS) is 12.1. The van der Waals surface area contributed by atoms with E-state index in [1.807, 2.05) is 19.1 Å². The molecule has 0 saturated heterocycles. The summed E-state index contributed by atoms with van der Waals surface area (Å²) in [6.45, 7) is 4.09. The maximum absolute atomic E-state index is 11.8. The number of nitrogens with zero attached hydrogens (tertiary/aromatic N) is 2. The van der Waals surface area contributed by atoms with Gasteiger partial charge in [0.15, 0.2) is 0 Å². The number of rotatable bonds is 7. The second-order valence-electron chi connectivity index (χ2n) is 4.93. The topological polar surface area (TPSA) is 68.0 Å². The molecule has 7 heteroatoms. The highest BCUT2D eigenvalue weighted by Gasteiger charge is 2.12. The fraction of sp³-hybridized carbons (Fsp3) is 0.400. The van der Waals surface area contributed by atoms with E-state index in [1.165, 1.54) is 11.8 Å². The first kappa shape index (κ1) is 16.8. The lowest BCUT2D eigenvalue weighted by Crippen LogP contribution is -2.33. The highest BCUT2D eigenvalue weighted by molar-refractivity contribution is 7.99. The molecule has 2 rings (SSSR count). The number of hydrogen-bond donors (Lipinski definition) is 1. The number of hydrogen-bond acceptors (Lipinski definition) is 5. The van der Waals surface area contributed by atoms with Gasteiger partial charge in [0.1, 0.15) is 0 Å². The number of benzene rings is 1. The van der Waals surface area contributed by atoms with E-state index < -0.39 is 0 Å². The second-order valence-corrected chi connectivity index (χ2v) is 6.29. The van der Waals surface area contributed by atoms with Crippen molar-refractivity contribution in [3.8, 4) is 11.5 Å². The minimum Gasteiger partial charge on any atom is -0.411 e. The molecule has 1 aromatic heterocycles. The third-order valence-corrected chi connectivity index (χ3v) is 4.02. The van der Waals surface area contributed by atoms with Gasteiger partial charge in [-0.25, -0.2) is 0 Å².